The fourth-order valence-electron chi connectivity index (χ4n) is 0.421. The van der Waals surface area contributed by atoms with Gasteiger partial charge in [0.1, 0.15) is 0 Å². The van der Waals surface area contributed by atoms with Gasteiger partial charge in [-0.25, -0.2) is 0 Å². The van der Waals surface area contributed by atoms with Crippen LogP contribution in [-0.2, 0) is 25.9 Å². The van der Waals surface area contributed by atoms with Crippen LogP contribution in [0.3, 0.4) is 0 Å². The van der Waals surface area contributed by atoms with Crippen LogP contribution in [0.4, 0.5) is 0 Å². The summed E-state index contributed by atoms with van der Waals surface area (Å²) in [6, 6.07) is 0. The molecule has 0 aliphatic rings. The molecule has 0 spiro atoms. The first-order chi connectivity index (χ1) is 3.77. The summed E-state index contributed by atoms with van der Waals surface area (Å²) in [4.78, 5) is 9.87. The molecule has 4 heteroatoms. The van der Waals surface area contributed by atoms with Gasteiger partial charge in [-0.2, -0.15) is 0 Å². The molecule has 0 rings (SSSR count). The Labute approximate surface area is 71.9 Å². The smallest absolute Gasteiger partial charge is 0.303 e. The first-order valence-electron chi connectivity index (χ1n) is 2.69. The van der Waals surface area contributed by atoms with Crippen molar-refractivity contribution in [3.8, 4) is 0 Å². The van der Waals surface area contributed by atoms with E-state index in [1.54, 1.807) is 0 Å². The van der Waals surface area contributed by atoms with Gasteiger partial charge in [0.15, 0.2) is 0 Å². The van der Waals surface area contributed by atoms with Crippen LogP contribution in [0.1, 0.15) is 19.3 Å². The molecule has 0 radical (unpaired) electrons. The number of hydrogen-bond donors (Lipinski definition) is 1. The Bertz CT molecular complexity index is 77.4. The Balaban J connectivity index is 0. The molecule has 0 saturated carbocycles. The maximum atomic E-state index is 9.87. The minimum atomic E-state index is -0.691. The van der Waals surface area contributed by atoms with Crippen LogP contribution in [0.25, 0.3) is 0 Å². The third kappa shape index (κ3) is 11.9. The van der Waals surface area contributed by atoms with Crippen LogP contribution in [0.15, 0.2) is 0 Å². The second kappa shape index (κ2) is 8.59. The topological polar surface area (TPSA) is 37.3 Å². The van der Waals surface area contributed by atoms with Gasteiger partial charge in [-0.15, -0.1) is 9.24 Å². The van der Waals surface area contributed by atoms with E-state index >= 15 is 0 Å². The Morgan fingerprint density at radius 1 is 1.44 bits per heavy atom. The van der Waals surface area contributed by atoms with E-state index < -0.39 is 5.97 Å². The quantitative estimate of drug-likeness (QED) is 0.446. The minimum absolute atomic E-state index is 0. The SMILES string of the molecule is O=C(O)CCCCP.[Mo]. The summed E-state index contributed by atoms with van der Waals surface area (Å²) in [5.41, 5.74) is 0. The van der Waals surface area contributed by atoms with E-state index in [1.807, 2.05) is 0 Å². The van der Waals surface area contributed by atoms with Crippen molar-refractivity contribution in [3.63, 3.8) is 0 Å². The summed E-state index contributed by atoms with van der Waals surface area (Å²) < 4.78 is 0. The van der Waals surface area contributed by atoms with E-state index in [1.165, 1.54) is 0 Å². The van der Waals surface area contributed by atoms with Gasteiger partial charge in [0.25, 0.3) is 0 Å². The van der Waals surface area contributed by atoms with E-state index in [-0.39, 0.29) is 21.1 Å². The third-order valence-corrected chi connectivity index (χ3v) is 1.25. The van der Waals surface area contributed by atoms with Gasteiger partial charge < -0.3 is 5.11 Å². The number of hydrogen-bond acceptors (Lipinski definition) is 1. The van der Waals surface area contributed by atoms with Crippen molar-refractivity contribution < 1.29 is 31.0 Å². The number of aliphatic carboxylic acids is 1. The number of unbranched alkanes of at least 4 members (excludes halogenated alkanes) is 1. The number of rotatable bonds is 4. The number of carboxylic acids is 1. The molecule has 1 unspecified atom stereocenters. The van der Waals surface area contributed by atoms with Crippen LogP contribution in [0.5, 0.6) is 0 Å². The minimum Gasteiger partial charge on any atom is -0.481 e. The zero-order valence-electron chi connectivity index (χ0n) is 5.17. The Kier molecular flexibility index (Phi) is 11.7. The van der Waals surface area contributed by atoms with E-state index in [9.17, 15) is 4.79 Å². The van der Waals surface area contributed by atoms with Crippen LogP contribution in [0.2, 0.25) is 0 Å². The van der Waals surface area contributed by atoms with Crippen molar-refractivity contribution in [1.29, 1.82) is 0 Å². The van der Waals surface area contributed by atoms with E-state index in [0.717, 1.165) is 19.0 Å². The summed E-state index contributed by atoms with van der Waals surface area (Å²) in [7, 11) is 2.57. The fourth-order valence-corrected chi connectivity index (χ4v) is 0.709. The molecule has 0 aromatic rings. The van der Waals surface area contributed by atoms with Crippen molar-refractivity contribution in [2.24, 2.45) is 0 Å². The monoisotopic (exact) mass is 232 g/mol. The van der Waals surface area contributed by atoms with E-state index in [4.69, 9.17) is 5.11 Å². The first-order valence-corrected chi connectivity index (χ1v) is 3.51. The Morgan fingerprint density at radius 2 is 2.00 bits per heavy atom. The zero-order chi connectivity index (χ0) is 6.41. The van der Waals surface area contributed by atoms with Crippen LogP contribution in [-0.4, -0.2) is 17.2 Å². The zero-order valence-corrected chi connectivity index (χ0v) is 8.33. The summed E-state index contributed by atoms with van der Waals surface area (Å²) in [6.45, 7) is 0. The molecule has 0 fully saturated rings. The maximum absolute atomic E-state index is 9.87. The molecule has 2 nitrogen and oxygen atoms in total. The maximum Gasteiger partial charge on any atom is 0.303 e. The summed E-state index contributed by atoms with van der Waals surface area (Å²) >= 11 is 0. The first kappa shape index (κ1) is 12.3. The molecular weight excluding hydrogens is 219 g/mol. The molecule has 0 aliphatic carbocycles. The normalized spacial score (nSPS) is 8.11. The summed E-state index contributed by atoms with van der Waals surface area (Å²) in [6.07, 6.45) is 3.12. The molecule has 1 N–H and O–H groups in total. The molecular formula is C5H11MoO2P. The predicted molar refractivity (Wildman–Crippen MR) is 36.1 cm³/mol. The Morgan fingerprint density at radius 3 is 2.33 bits per heavy atom. The van der Waals surface area contributed by atoms with Gasteiger partial charge in [0.05, 0.1) is 0 Å². The molecule has 0 amide bonds. The number of carbonyl (C=O) groups is 1. The average Bonchev–Trinajstić information content (AvgIpc) is 1.66. The fraction of sp³-hybridized carbons (Fsp3) is 0.800. The largest absolute Gasteiger partial charge is 0.481 e. The Hall–Kier alpha value is 0.588. The molecule has 0 aromatic carbocycles. The molecule has 54 valence electrons. The standard InChI is InChI=1S/C5H11O2P.Mo/c6-5(7)3-1-2-4-8;/h1-4,8H2,(H,6,7);. The molecule has 9 heavy (non-hydrogen) atoms. The van der Waals surface area contributed by atoms with Crippen molar-refractivity contribution in [2.45, 2.75) is 19.3 Å². The van der Waals surface area contributed by atoms with Gasteiger partial charge in [0.2, 0.25) is 0 Å². The number of carboxylic acid groups (broad SMARTS) is 1. The second-order valence-electron chi connectivity index (χ2n) is 1.64. The van der Waals surface area contributed by atoms with Gasteiger partial charge in [0, 0.05) is 27.5 Å². The molecule has 0 aliphatic heterocycles. The summed E-state index contributed by atoms with van der Waals surface area (Å²) in [5.74, 6) is -0.691. The van der Waals surface area contributed by atoms with Gasteiger partial charge in [-0.3, -0.25) is 4.79 Å². The molecule has 1 atom stereocenters. The van der Waals surface area contributed by atoms with Crippen molar-refractivity contribution in [3.05, 3.63) is 0 Å². The average molecular weight is 230 g/mol. The second-order valence-corrected chi connectivity index (χ2v) is 2.22. The van der Waals surface area contributed by atoms with Gasteiger partial charge in [-0.1, -0.05) is 0 Å². The molecule has 0 aromatic heterocycles. The van der Waals surface area contributed by atoms with Crippen LogP contribution in [0, 0.1) is 0 Å². The van der Waals surface area contributed by atoms with E-state index in [2.05, 4.69) is 9.24 Å². The van der Waals surface area contributed by atoms with Crippen molar-refractivity contribution >= 4 is 15.2 Å². The van der Waals surface area contributed by atoms with E-state index in [0.29, 0.717) is 6.42 Å². The molecule has 0 heterocycles. The van der Waals surface area contributed by atoms with Crippen molar-refractivity contribution in [2.75, 3.05) is 6.16 Å². The van der Waals surface area contributed by atoms with Crippen LogP contribution >= 0.6 is 9.24 Å². The van der Waals surface area contributed by atoms with Gasteiger partial charge >= 0.3 is 5.97 Å². The molecule has 0 saturated heterocycles. The third-order valence-electron chi connectivity index (χ3n) is 0.845. The predicted octanol–water partition coefficient (Wildman–Crippen LogP) is 1.11. The van der Waals surface area contributed by atoms with Crippen LogP contribution < -0.4 is 0 Å². The van der Waals surface area contributed by atoms with Crippen molar-refractivity contribution in [1.82, 2.24) is 0 Å². The van der Waals surface area contributed by atoms with Gasteiger partial charge in [-0.05, 0) is 19.0 Å². The molecule has 0 bridgehead atoms. The summed E-state index contributed by atoms with van der Waals surface area (Å²) in [5, 5.41) is 8.13.